The van der Waals surface area contributed by atoms with E-state index >= 15 is 0 Å². The number of nitrogens with zero attached hydrogens (tertiary/aromatic N) is 1. The van der Waals surface area contributed by atoms with Crippen LogP contribution in [0.3, 0.4) is 0 Å². The fourth-order valence-electron chi connectivity index (χ4n) is 2.36. The van der Waals surface area contributed by atoms with Gasteiger partial charge in [0.05, 0.1) is 17.1 Å². The van der Waals surface area contributed by atoms with E-state index in [1.807, 2.05) is 18.2 Å². The van der Waals surface area contributed by atoms with E-state index in [1.165, 1.54) is 19.3 Å². The molecule has 0 fully saturated rings. The average molecular weight is 245 g/mol. The second-order valence-corrected chi connectivity index (χ2v) is 4.92. The lowest BCUT2D eigenvalue weighted by Gasteiger charge is -2.20. The highest BCUT2D eigenvalue weighted by Crippen LogP contribution is 2.17. The number of hydrogen-bond donors (Lipinski definition) is 2. The second-order valence-electron chi connectivity index (χ2n) is 4.92. The van der Waals surface area contributed by atoms with E-state index in [0.717, 1.165) is 16.9 Å². The summed E-state index contributed by atoms with van der Waals surface area (Å²) in [6.07, 6.45) is 3.61. The molecule has 0 radical (unpaired) electrons. The number of H-pyrrole nitrogens is 1. The van der Waals surface area contributed by atoms with Gasteiger partial charge in [-0.05, 0) is 31.9 Å². The summed E-state index contributed by atoms with van der Waals surface area (Å²) in [4.78, 5) is 8.04. The fourth-order valence-corrected chi connectivity index (χ4v) is 2.36. The third-order valence-corrected chi connectivity index (χ3v) is 3.43. The zero-order valence-corrected chi connectivity index (χ0v) is 11.5. The van der Waals surface area contributed by atoms with Crippen LogP contribution in [-0.4, -0.2) is 16.0 Å². The molecule has 0 aliphatic carbocycles. The normalized spacial score (nSPS) is 14.8. The molecule has 1 aromatic carbocycles. The first-order valence-electron chi connectivity index (χ1n) is 6.95. The molecule has 2 unspecified atom stereocenters. The maximum absolute atomic E-state index is 4.64. The van der Waals surface area contributed by atoms with E-state index in [2.05, 4.69) is 42.1 Å². The Bertz CT molecular complexity index is 456. The van der Waals surface area contributed by atoms with Gasteiger partial charge in [0.1, 0.15) is 5.82 Å². The number of hydrogen-bond acceptors (Lipinski definition) is 2. The predicted molar refractivity (Wildman–Crippen MR) is 76.6 cm³/mol. The fraction of sp³-hybridized carbons (Fsp3) is 0.533. The lowest BCUT2D eigenvalue weighted by atomic mass is 10.1. The summed E-state index contributed by atoms with van der Waals surface area (Å²) < 4.78 is 0. The van der Waals surface area contributed by atoms with Crippen molar-refractivity contribution in [2.24, 2.45) is 0 Å². The molecule has 3 nitrogen and oxygen atoms in total. The second kappa shape index (κ2) is 6.01. The van der Waals surface area contributed by atoms with Gasteiger partial charge in [0.2, 0.25) is 0 Å². The van der Waals surface area contributed by atoms with Crippen molar-refractivity contribution in [1.29, 1.82) is 0 Å². The minimum absolute atomic E-state index is 0.272. The zero-order valence-electron chi connectivity index (χ0n) is 11.5. The van der Waals surface area contributed by atoms with E-state index in [1.54, 1.807) is 0 Å². The first-order valence-corrected chi connectivity index (χ1v) is 6.95. The van der Waals surface area contributed by atoms with Crippen LogP contribution in [0.15, 0.2) is 24.3 Å². The number of aromatic nitrogens is 2. The molecule has 2 rings (SSSR count). The van der Waals surface area contributed by atoms with Gasteiger partial charge in [0.15, 0.2) is 0 Å². The first kappa shape index (κ1) is 13.1. The molecule has 1 heterocycles. The zero-order chi connectivity index (χ0) is 13.0. The Kier molecular flexibility index (Phi) is 4.37. The van der Waals surface area contributed by atoms with Gasteiger partial charge < -0.3 is 10.3 Å². The van der Waals surface area contributed by atoms with Crippen LogP contribution in [0.5, 0.6) is 0 Å². The molecular formula is C15H23N3. The first-order chi connectivity index (χ1) is 8.74. The van der Waals surface area contributed by atoms with Gasteiger partial charge in [0, 0.05) is 6.04 Å². The monoisotopic (exact) mass is 245 g/mol. The topological polar surface area (TPSA) is 40.7 Å². The molecule has 0 amide bonds. The van der Waals surface area contributed by atoms with E-state index < -0.39 is 0 Å². The third-order valence-electron chi connectivity index (χ3n) is 3.43. The maximum Gasteiger partial charge on any atom is 0.124 e. The molecular weight excluding hydrogens is 222 g/mol. The number of rotatable bonds is 6. The van der Waals surface area contributed by atoms with E-state index in [4.69, 9.17) is 0 Å². The molecule has 0 saturated heterocycles. The number of benzene rings is 1. The van der Waals surface area contributed by atoms with Gasteiger partial charge in [-0.3, -0.25) is 0 Å². The summed E-state index contributed by atoms with van der Waals surface area (Å²) in [6, 6.07) is 9.03. The highest BCUT2D eigenvalue weighted by atomic mass is 15.0. The molecule has 0 aliphatic heterocycles. The lowest BCUT2D eigenvalue weighted by Crippen LogP contribution is -2.31. The highest BCUT2D eigenvalue weighted by molar-refractivity contribution is 5.74. The van der Waals surface area contributed by atoms with Gasteiger partial charge in [-0.1, -0.05) is 32.4 Å². The van der Waals surface area contributed by atoms with Crippen molar-refractivity contribution in [2.45, 2.75) is 52.1 Å². The summed E-state index contributed by atoms with van der Waals surface area (Å²) >= 11 is 0. The van der Waals surface area contributed by atoms with Crippen LogP contribution in [0.4, 0.5) is 0 Å². The number of para-hydroxylation sites is 2. The molecule has 0 aliphatic rings. The number of fused-ring (bicyclic) bond motifs is 1. The Morgan fingerprint density at radius 1 is 1.28 bits per heavy atom. The van der Waals surface area contributed by atoms with Crippen molar-refractivity contribution in [3.63, 3.8) is 0 Å². The van der Waals surface area contributed by atoms with Crippen LogP contribution in [0.25, 0.3) is 11.0 Å². The van der Waals surface area contributed by atoms with Gasteiger partial charge >= 0.3 is 0 Å². The SMILES string of the molecule is CCCC(CC)NC(C)c1nc2ccccc2[nH]1. The Balaban J connectivity index is 2.10. The summed E-state index contributed by atoms with van der Waals surface area (Å²) in [7, 11) is 0. The van der Waals surface area contributed by atoms with E-state index in [9.17, 15) is 0 Å². The molecule has 2 atom stereocenters. The Morgan fingerprint density at radius 3 is 2.72 bits per heavy atom. The molecule has 2 N–H and O–H groups in total. The number of imidazole rings is 1. The quantitative estimate of drug-likeness (QED) is 0.813. The number of nitrogens with one attached hydrogen (secondary N) is 2. The van der Waals surface area contributed by atoms with Crippen LogP contribution in [0.1, 0.15) is 51.9 Å². The average Bonchev–Trinajstić information content (AvgIpc) is 2.82. The number of aromatic amines is 1. The van der Waals surface area contributed by atoms with Crippen LogP contribution < -0.4 is 5.32 Å². The molecule has 2 aromatic rings. The molecule has 3 heteroatoms. The van der Waals surface area contributed by atoms with Crippen molar-refractivity contribution < 1.29 is 0 Å². The summed E-state index contributed by atoms with van der Waals surface area (Å²) in [5.74, 6) is 1.03. The Labute approximate surface area is 109 Å². The molecule has 0 bridgehead atoms. The summed E-state index contributed by atoms with van der Waals surface area (Å²) in [6.45, 7) is 6.64. The van der Waals surface area contributed by atoms with Gasteiger partial charge in [-0.2, -0.15) is 0 Å². The highest BCUT2D eigenvalue weighted by Gasteiger charge is 2.14. The van der Waals surface area contributed by atoms with Crippen molar-refractivity contribution in [3.05, 3.63) is 30.1 Å². The van der Waals surface area contributed by atoms with Crippen molar-refractivity contribution >= 4 is 11.0 Å². The minimum Gasteiger partial charge on any atom is -0.341 e. The van der Waals surface area contributed by atoms with Gasteiger partial charge in [-0.15, -0.1) is 0 Å². The van der Waals surface area contributed by atoms with Crippen molar-refractivity contribution in [1.82, 2.24) is 15.3 Å². The Morgan fingerprint density at radius 2 is 2.06 bits per heavy atom. The lowest BCUT2D eigenvalue weighted by molar-refractivity contribution is 0.409. The maximum atomic E-state index is 4.64. The molecule has 0 saturated carbocycles. The van der Waals surface area contributed by atoms with Crippen LogP contribution in [0, 0.1) is 0 Å². The van der Waals surface area contributed by atoms with Crippen molar-refractivity contribution in [3.8, 4) is 0 Å². The summed E-state index contributed by atoms with van der Waals surface area (Å²) in [5, 5.41) is 3.65. The third kappa shape index (κ3) is 2.91. The predicted octanol–water partition coefficient (Wildman–Crippen LogP) is 3.79. The molecule has 98 valence electrons. The molecule has 1 aromatic heterocycles. The standard InChI is InChI=1S/C15H23N3/c1-4-8-12(5-2)16-11(3)15-17-13-9-6-7-10-14(13)18-15/h6-7,9-12,16H,4-5,8H2,1-3H3,(H,17,18). The summed E-state index contributed by atoms with van der Waals surface area (Å²) in [5.41, 5.74) is 2.16. The van der Waals surface area contributed by atoms with Gasteiger partial charge in [0.25, 0.3) is 0 Å². The largest absolute Gasteiger partial charge is 0.341 e. The Hall–Kier alpha value is -1.35. The molecule has 18 heavy (non-hydrogen) atoms. The van der Waals surface area contributed by atoms with Crippen LogP contribution in [-0.2, 0) is 0 Å². The smallest absolute Gasteiger partial charge is 0.124 e. The van der Waals surface area contributed by atoms with Crippen LogP contribution >= 0.6 is 0 Å². The van der Waals surface area contributed by atoms with Crippen LogP contribution in [0.2, 0.25) is 0 Å². The van der Waals surface area contributed by atoms with Crippen molar-refractivity contribution in [2.75, 3.05) is 0 Å². The molecule has 0 spiro atoms. The van der Waals surface area contributed by atoms with E-state index in [-0.39, 0.29) is 6.04 Å². The minimum atomic E-state index is 0.272. The van der Waals surface area contributed by atoms with Gasteiger partial charge in [-0.25, -0.2) is 4.98 Å². The van der Waals surface area contributed by atoms with E-state index in [0.29, 0.717) is 6.04 Å².